The third kappa shape index (κ3) is 3.45. The minimum absolute atomic E-state index is 0.100. The summed E-state index contributed by atoms with van der Waals surface area (Å²) in [4.78, 5) is 28.8. The van der Waals surface area contributed by atoms with E-state index < -0.39 is 10.9 Å². The highest BCUT2D eigenvalue weighted by atomic mass is 16.6. The van der Waals surface area contributed by atoms with Crippen molar-refractivity contribution in [1.82, 2.24) is 9.97 Å². The quantitative estimate of drug-likeness (QED) is 0.386. The number of esters is 1. The topological polar surface area (TPSA) is 116 Å². The zero-order valence-corrected chi connectivity index (χ0v) is 11.8. The van der Waals surface area contributed by atoms with Crippen molar-refractivity contribution in [2.75, 3.05) is 12.4 Å². The third-order valence-electron chi connectivity index (χ3n) is 2.55. The van der Waals surface area contributed by atoms with Crippen molar-refractivity contribution in [1.29, 1.82) is 0 Å². The van der Waals surface area contributed by atoms with Gasteiger partial charge in [-0.15, -0.1) is 0 Å². The number of carbonyl (C=O) groups excluding carboxylic acids is 1. The molecule has 0 aliphatic rings. The van der Waals surface area contributed by atoms with E-state index in [1.54, 1.807) is 18.2 Å². The van der Waals surface area contributed by atoms with Crippen LogP contribution in [-0.4, -0.2) is 28.0 Å². The fraction of sp³-hybridized carbons (Fsp3) is 0.154. The number of ether oxygens (including phenoxy) is 2. The average Bonchev–Trinajstić information content (AvgIpc) is 2.49. The molecular weight excluding hydrogens is 292 g/mol. The van der Waals surface area contributed by atoms with E-state index in [9.17, 15) is 14.9 Å². The summed E-state index contributed by atoms with van der Waals surface area (Å²) in [5, 5.41) is 13.4. The van der Waals surface area contributed by atoms with Crippen LogP contribution in [0.5, 0.6) is 11.5 Å². The molecule has 22 heavy (non-hydrogen) atoms. The number of carbonyl (C=O) groups is 1. The van der Waals surface area contributed by atoms with Crippen LogP contribution >= 0.6 is 0 Å². The zero-order valence-electron chi connectivity index (χ0n) is 11.8. The van der Waals surface area contributed by atoms with E-state index in [2.05, 4.69) is 15.3 Å². The zero-order chi connectivity index (χ0) is 16.1. The van der Waals surface area contributed by atoms with E-state index in [0.717, 1.165) is 12.4 Å². The number of nitrogens with zero attached hydrogens (tertiary/aromatic N) is 3. The van der Waals surface area contributed by atoms with E-state index in [1.165, 1.54) is 14.0 Å². The highest BCUT2D eigenvalue weighted by Gasteiger charge is 2.14. The Morgan fingerprint density at radius 1 is 1.27 bits per heavy atom. The first-order valence-electron chi connectivity index (χ1n) is 6.10. The third-order valence-corrected chi connectivity index (χ3v) is 2.55. The van der Waals surface area contributed by atoms with Gasteiger partial charge in [-0.1, -0.05) is 6.07 Å². The summed E-state index contributed by atoms with van der Waals surface area (Å²) in [6, 6.07) is 4.87. The molecule has 0 bridgehead atoms. The van der Waals surface area contributed by atoms with Crippen LogP contribution < -0.4 is 14.8 Å². The largest absolute Gasteiger partial charge is 0.494 e. The second kappa shape index (κ2) is 6.48. The van der Waals surface area contributed by atoms with E-state index in [-0.39, 0.29) is 17.4 Å². The first kappa shape index (κ1) is 15.2. The molecular formula is C13H12N4O5. The van der Waals surface area contributed by atoms with Gasteiger partial charge in [-0.05, 0) is 12.1 Å². The Morgan fingerprint density at radius 2 is 1.91 bits per heavy atom. The van der Waals surface area contributed by atoms with Crippen LogP contribution in [0.1, 0.15) is 6.92 Å². The monoisotopic (exact) mass is 304 g/mol. The molecule has 0 fully saturated rings. The number of methoxy groups -OCH3 is 1. The Balaban J connectivity index is 2.34. The molecule has 0 saturated heterocycles. The minimum atomic E-state index is -0.600. The van der Waals surface area contributed by atoms with Crippen molar-refractivity contribution in [2.45, 2.75) is 6.92 Å². The SMILES string of the molecule is COc1cccc(OC(C)=O)c1Nc1ncc([N+](=O)[O-])cn1. The standard InChI is InChI=1S/C13H12N4O5/c1-8(18)22-11-5-3-4-10(21-2)12(11)16-13-14-6-9(7-15-13)17(19)20/h3-7H,1-2H3,(H,14,15,16). The lowest BCUT2D eigenvalue weighted by molar-refractivity contribution is -0.385. The first-order valence-corrected chi connectivity index (χ1v) is 6.10. The second-order valence-corrected chi connectivity index (χ2v) is 4.07. The Kier molecular flexibility index (Phi) is 4.47. The van der Waals surface area contributed by atoms with Gasteiger partial charge in [0.2, 0.25) is 5.95 Å². The van der Waals surface area contributed by atoms with Crippen molar-refractivity contribution in [3.8, 4) is 11.5 Å². The fourth-order valence-electron chi connectivity index (χ4n) is 1.64. The number of anilines is 2. The van der Waals surface area contributed by atoms with E-state index in [1.807, 2.05) is 0 Å². The summed E-state index contributed by atoms with van der Waals surface area (Å²) in [5.41, 5.74) is 0.111. The number of benzene rings is 1. The summed E-state index contributed by atoms with van der Waals surface area (Å²) in [5.74, 6) is 0.235. The van der Waals surface area contributed by atoms with Gasteiger partial charge in [-0.2, -0.15) is 0 Å². The smallest absolute Gasteiger partial charge is 0.308 e. The predicted octanol–water partition coefficient (Wildman–Crippen LogP) is 2.06. The molecule has 9 nitrogen and oxygen atoms in total. The van der Waals surface area contributed by atoms with Crippen LogP contribution in [0.2, 0.25) is 0 Å². The van der Waals surface area contributed by atoms with Gasteiger partial charge in [0.25, 0.3) is 0 Å². The van der Waals surface area contributed by atoms with Gasteiger partial charge in [0.05, 0.1) is 12.0 Å². The maximum absolute atomic E-state index is 11.1. The van der Waals surface area contributed by atoms with E-state index >= 15 is 0 Å². The molecule has 1 aromatic carbocycles. The lowest BCUT2D eigenvalue weighted by atomic mass is 10.2. The van der Waals surface area contributed by atoms with Crippen LogP contribution in [0.4, 0.5) is 17.3 Å². The second-order valence-electron chi connectivity index (χ2n) is 4.07. The molecule has 2 rings (SSSR count). The van der Waals surface area contributed by atoms with Gasteiger partial charge in [0, 0.05) is 6.92 Å². The maximum Gasteiger partial charge on any atom is 0.308 e. The molecule has 1 N–H and O–H groups in total. The molecule has 0 spiro atoms. The van der Waals surface area contributed by atoms with Gasteiger partial charge in [-0.25, -0.2) is 9.97 Å². The van der Waals surface area contributed by atoms with E-state index in [4.69, 9.17) is 9.47 Å². The van der Waals surface area contributed by atoms with Gasteiger partial charge in [0.1, 0.15) is 23.8 Å². The molecule has 0 radical (unpaired) electrons. The molecule has 0 saturated carbocycles. The number of rotatable bonds is 5. The van der Waals surface area contributed by atoms with Crippen molar-refractivity contribution in [2.24, 2.45) is 0 Å². The van der Waals surface area contributed by atoms with Gasteiger partial charge < -0.3 is 14.8 Å². The Hall–Kier alpha value is -3.23. The Labute approximate surface area is 125 Å². The summed E-state index contributed by atoms with van der Waals surface area (Å²) in [6.07, 6.45) is 2.13. The number of hydrogen-bond donors (Lipinski definition) is 1. The van der Waals surface area contributed by atoms with E-state index in [0.29, 0.717) is 11.4 Å². The predicted molar refractivity (Wildman–Crippen MR) is 76.3 cm³/mol. The first-order chi connectivity index (χ1) is 10.5. The molecule has 0 amide bonds. The number of nitrogens with one attached hydrogen (secondary N) is 1. The lowest BCUT2D eigenvalue weighted by Crippen LogP contribution is -2.06. The van der Waals surface area contributed by atoms with Gasteiger partial charge >= 0.3 is 11.7 Å². The number of para-hydroxylation sites is 1. The van der Waals surface area contributed by atoms with Crippen LogP contribution in [0.25, 0.3) is 0 Å². The normalized spacial score (nSPS) is 9.91. The average molecular weight is 304 g/mol. The van der Waals surface area contributed by atoms with Gasteiger partial charge in [0.15, 0.2) is 5.75 Å². The Morgan fingerprint density at radius 3 is 2.45 bits per heavy atom. The fourth-order valence-corrected chi connectivity index (χ4v) is 1.64. The summed E-state index contributed by atoms with van der Waals surface area (Å²) >= 11 is 0. The summed E-state index contributed by atoms with van der Waals surface area (Å²) in [6.45, 7) is 1.27. The van der Waals surface area contributed by atoms with Crippen LogP contribution in [0.15, 0.2) is 30.6 Å². The molecule has 2 aromatic rings. The molecule has 1 aromatic heterocycles. The highest BCUT2D eigenvalue weighted by Crippen LogP contribution is 2.36. The number of nitro groups is 1. The molecule has 0 aliphatic heterocycles. The summed E-state index contributed by atoms with van der Waals surface area (Å²) in [7, 11) is 1.45. The molecule has 0 aliphatic carbocycles. The molecule has 9 heteroatoms. The van der Waals surface area contributed by atoms with Crippen molar-refractivity contribution in [3.05, 3.63) is 40.7 Å². The number of hydrogen-bond acceptors (Lipinski definition) is 8. The molecule has 0 atom stereocenters. The lowest BCUT2D eigenvalue weighted by Gasteiger charge is -2.13. The Bertz CT molecular complexity index is 702. The highest BCUT2D eigenvalue weighted by molar-refractivity contribution is 5.77. The number of aromatic nitrogens is 2. The van der Waals surface area contributed by atoms with Gasteiger partial charge in [-0.3, -0.25) is 14.9 Å². The molecule has 0 unspecified atom stereocenters. The van der Waals surface area contributed by atoms with Crippen molar-refractivity contribution in [3.63, 3.8) is 0 Å². The summed E-state index contributed by atoms with van der Waals surface area (Å²) < 4.78 is 10.3. The van der Waals surface area contributed by atoms with Crippen LogP contribution in [0, 0.1) is 10.1 Å². The minimum Gasteiger partial charge on any atom is -0.494 e. The molecule has 114 valence electrons. The van der Waals surface area contributed by atoms with Crippen LogP contribution in [0.3, 0.4) is 0 Å². The van der Waals surface area contributed by atoms with Crippen LogP contribution in [-0.2, 0) is 4.79 Å². The molecule has 1 heterocycles. The van der Waals surface area contributed by atoms with Crippen molar-refractivity contribution < 1.29 is 19.2 Å². The van der Waals surface area contributed by atoms with Crippen molar-refractivity contribution >= 4 is 23.3 Å². The maximum atomic E-state index is 11.1.